The fourth-order valence-corrected chi connectivity index (χ4v) is 4.35. The monoisotopic (exact) mass is 429 g/mol. The van der Waals surface area contributed by atoms with Crippen molar-refractivity contribution in [1.82, 2.24) is 19.5 Å². The van der Waals surface area contributed by atoms with Crippen LogP contribution < -0.4 is 14.8 Å². The van der Waals surface area contributed by atoms with E-state index in [-0.39, 0.29) is 5.28 Å². The van der Waals surface area contributed by atoms with Gasteiger partial charge in [0.1, 0.15) is 17.0 Å². The van der Waals surface area contributed by atoms with Gasteiger partial charge in [0.2, 0.25) is 5.28 Å². The highest BCUT2D eigenvalue weighted by Crippen LogP contribution is 2.31. The van der Waals surface area contributed by atoms with Crippen molar-refractivity contribution in [2.45, 2.75) is 45.7 Å². The van der Waals surface area contributed by atoms with Gasteiger partial charge in [-0.05, 0) is 48.4 Å². The van der Waals surface area contributed by atoms with Crippen molar-refractivity contribution < 1.29 is 9.47 Å². The Kier molecular flexibility index (Phi) is 6.27. The van der Waals surface area contributed by atoms with Crippen LogP contribution in [0.4, 0.5) is 5.82 Å². The summed E-state index contributed by atoms with van der Waals surface area (Å²) >= 11 is 6.17. The van der Waals surface area contributed by atoms with Crippen LogP contribution in [-0.4, -0.2) is 33.7 Å². The van der Waals surface area contributed by atoms with Gasteiger partial charge < -0.3 is 19.4 Å². The number of aromatic nitrogens is 4. The van der Waals surface area contributed by atoms with Crippen LogP contribution in [0, 0.1) is 11.8 Å². The minimum atomic E-state index is 0.184. The predicted octanol–water partition coefficient (Wildman–Crippen LogP) is 4.94. The Morgan fingerprint density at radius 3 is 2.67 bits per heavy atom. The van der Waals surface area contributed by atoms with Crippen LogP contribution in [0.15, 0.2) is 24.5 Å². The lowest BCUT2D eigenvalue weighted by Crippen LogP contribution is -2.17. The second kappa shape index (κ2) is 9.08. The van der Waals surface area contributed by atoms with E-state index in [2.05, 4.69) is 31.8 Å². The summed E-state index contributed by atoms with van der Waals surface area (Å²) in [4.78, 5) is 13.3. The molecule has 160 valence electrons. The van der Waals surface area contributed by atoms with E-state index in [4.69, 9.17) is 21.1 Å². The average molecular weight is 430 g/mol. The van der Waals surface area contributed by atoms with Crippen LogP contribution in [0.5, 0.6) is 11.5 Å². The van der Waals surface area contributed by atoms with Gasteiger partial charge in [-0.2, -0.15) is 9.97 Å². The van der Waals surface area contributed by atoms with Gasteiger partial charge >= 0.3 is 0 Å². The van der Waals surface area contributed by atoms with Crippen molar-refractivity contribution in [3.05, 3.63) is 35.4 Å². The Balaban J connectivity index is 1.58. The van der Waals surface area contributed by atoms with Crippen molar-refractivity contribution in [2.75, 3.05) is 19.5 Å². The van der Waals surface area contributed by atoms with E-state index in [1.54, 1.807) is 14.2 Å². The standard InChI is InChI=1S/C22H28ClN5O2/c1-14-4-6-15(7-5-14)12-28-13-25-21-19(28)20(26-22(23)27-21)24-11-16-8-9-17(29-2)10-18(16)30-3/h8-10,13-15H,4-7,11-12H2,1-3H3,(H,24,26,27). The lowest BCUT2D eigenvalue weighted by Gasteiger charge is -2.26. The largest absolute Gasteiger partial charge is 0.497 e. The molecule has 0 aliphatic heterocycles. The molecule has 1 N–H and O–H groups in total. The van der Waals surface area contributed by atoms with Crippen LogP contribution in [0.25, 0.3) is 11.2 Å². The number of ether oxygens (including phenoxy) is 2. The molecule has 0 atom stereocenters. The molecular weight excluding hydrogens is 402 g/mol. The van der Waals surface area contributed by atoms with Crippen molar-refractivity contribution >= 4 is 28.6 Å². The fourth-order valence-electron chi connectivity index (χ4n) is 4.18. The number of hydrogen-bond donors (Lipinski definition) is 1. The van der Waals surface area contributed by atoms with E-state index in [9.17, 15) is 0 Å². The normalized spacial score (nSPS) is 19.1. The number of hydrogen-bond acceptors (Lipinski definition) is 6. The number of fused-ring (bicyclic) bond motifs is 1. The lowest BCUT2D eigenvalue weighted by atomic mass is 9.83. The summed E-state index contributed by atoms with van der Waals surface area (Å²) < 4.78 is 13.0. The summed E-state index contributed by atoms with van der Waals surface area (Å²) in [7, 11) is 3.29. The van der Waals surface area contributed by atoms with Crippen LogP contribution in [-0.2, 0) is 13.1 Å². The molecule has 30 heavy (non-hydrogen) atoms. The van der Waals surface area contributed by atoms with E-state index >= 15 is 0 Å². The third-order valence-corrected chi connectivity index (χ3v) is 6.14. The second-order valence-corrected chi connectivity index (χ2v) is 8.41. The van der Waals surface area contributed by atoms with Gasteiger partial charge in [0, 0.05) is 24.7 Å². The maximum absolute atomic E-state index is 6.17. The molecule has 0 spiro atoms. The number of rotatable bonds is 7. The highest BCUT2D eigenvalue weighted by Gasteiger charge is 2.21. The fraction of sp³-hybridized carbons (Fsp3) is 0.500. The molecule has 8 heteroatoms. The molecule has 0 bridgehead atoms. The maximum atomic E-state index is 6.17. The topological polar surface area (TPSA) is 74.1 Å². The molecule has 1 aromatic carbocycles. The van der Waals surface area contributed by atoms with Gasteiger partial charge in [-0.15, -0.1) is 0 Å². The zero-order valence-electron chi connectivity index (χ0n) is 17.7. The van der Waals surface area contributed by atoms with Gasteiger partial charge in [0.05, 0.1) is 20.5 Å². The number of nitrogens with one attached hydrogen (secondary N) is 1. The first kappa shape index (κ1) is 20.7. The van der Waals surface area contributed by atoms with E-state index in [1.807, 2.05) is 24.5 Å². The molecule has 2 aromatic heterocycles. The summed E-state index contributed by atoms with van der Waals surface area (Å²) in [5, 5.41) is 3.59. The first-order valence-corrected chi connectivity index (χ1v) is 10.8. The van der Waals surface area contributed by atoms with Gasteiger partial charge in [0.25, 0.3) is 0 Å². The molecule has 1 saturated carbocycles. The molecule has 0 amide bonds. The number of anilines is 1. The summed E-state index contributed by atoms with van der Waals surface area (Å²) in [6.07, 6.45) is 6.94. The molecule has 0 unspecified atom stereocenters. The molecule has 3 aromatic rings. The van der Waals surface area contributed by atoms with Gasteiger partial charge in [-0.1, -0.05) is 19.8 Å². The number of nitrogens with zero attached hydrogens (tertiary/aromatic N) is 4. The Hall–Kier alpha value is -2.54. The zero-order chi connectivity index (χ0) is 21.1. The zero-order valence-corrected chi connectivity index (χ0v) is 18.4. The number of imidazole rings is 1. The quantitative estimate of drug-likeness (QED) is 0.536. The predicted molar refractivity (Wildman–Crippen MR) is 118 cm³/mol. The van der Waals surface area contributed by atoms with Crippen molar-refractivity contribution in [1.29, 1.82) is 0 Å². The van der Waals surface area contributed by atoms with E-state index < -0.39 is 0 Å². The Morgan fingerprint density at radius 1 is 1.13 bits per heavy atom. The molecule has 0 saturated heterocycles. The average Bonchev–Trinajstić information content (AvgIpc) is 3.15. The molecule has 1 fully saturated rings. The molecule has 0 radical (unpaired) electrons. The Morgan fingerprint density at radius 2 is 1.93 bits per heavy atom. The molecule has 2 heterocycles. The Bertz CT molecular complexity index is 1010. The number of benzene rings is 1. The van der Waals surface area contributed by atoms with Crippen molar-refractivity contribution in [3.63, 3.8) is 0 Å². The van der Waals surface area contributed by atoms with Crippen LogP contribution >= 0.6 is 11.6 Å². The summed E-state index contributed by atoms with van der Waals surface area (Å²) in [5.74, 6) is 3.68. The molecule has 4 rings (SSSR count). The third-order valence-electron chi connectivity index (χ3n) is 5.98. The van der Waals surface area contributed by atoms with E-state index in [0.29, 0.717) is 23.9 Å². The van der Waals surface area contributed by atoms with Crippen molar-refractivity contribution in [3.8, 4) is 11.5 Å². The lowest BCUT2D eigenvalue weighted by molar-refractivity contribution is 0.266. The van der Waals surface area contributed by atoms with Gasteiger partial charge in [-0.3, -0.25) is 0 Å². The number of halogens is 1. The van der Waals surface area contributed by atoms with Crippen LogP contribution in [0.2, 0.25) is 5.28 Å². The van der Waals surface area contributed by atoms with E-state index in [0.717, 1.165) is 35.0 Å². The minimum absolute atomic E-state index is 0.184. The minimum Gasteiger partial charge on any atom is -0.497 e. The van der Waals surface area contributed by atoms with Gasteiger partial charge in [-0.25, -0.2) is 4.98 Å². The number of methoxy groups -OCH3 is 2. The van der Waals surface area contributed by atoms with Crippen LogP contribution in [0.1, 0.15) is 38.2 Å². The van der Waals surface area contributed by atoms with Crippen molar-refractivity contribution in [2.24, 2.45) is 11.8 Å². The highest BCUT2D eigenvalue weighted by atomic mass is 35.5. The summed E-state index contributed by atoms with van der Waals surface area (Å²) in [6.45, 7) is 3.80. The third kappa shape index (κ3) is 4.46. The summed E-state index contributed by atoms with van der Waals surface area (Å²) in [6, 6.07) is 5.76. The maximum Gasteiger partial charge on any atom is 0.226 e. The second-order valence-electron chi connectivity index (χ2n) is 8.07. The highest BCUT2D eigenvalue weighted by molar-refractivity contribution is 6.28. The smallest absolute Gasteiger partial charge is 0.226 e. The summed E-state index contributed by atoms with van der Waals surface area (Å²) in [5.41, 5.74) is 2.50. The first-order chi connectivity index (χ1) is 14.6. The molecule has 1 aliphatic rings. The van der Waals surface area contributed by atoms with Crippen LogP contribution in [0.3, 0.4) is 0 Å². The Labute approximate surface area is 181 Å². The van der Waals surface area contributed by atoms with Gasteiger partial charge in [0.15, 0.2) is 11.5 Å². The molecular formula is C22H28ClN5O2. The molecule has 7 nitrogen and oxygen atoms in total. The SMILES string of the molecule is COc1ccc(CNc2nc(Cl)nc3ncn(CC4CCC(C)CC4)c23)c(OC)c1. The molecule has 1 aliphatic carbocycles. The first-order valence-electron chi connectivity index (χ1n) is 10.4. The van der Waals surface area contributed by atoms with E-state index in [1.165, 1.54) is 25.7 Å².